The number of carbonyl (C=O) groups excluding carboxylic acids is 2. The second-order valence-electron chi connectivity index (χ2n) is 7.85. The third kappa shape index (κ3) is 5.03. The number of aryl methyl sites for hydroxylation is 1. The lowest BCUT2D eigenvalue weighted by Crippen LogP contribution is -2.33. The highest BCUT2D eigenvalue weighted by Crippen LogP contribution is 2.31. The highest BCUT2D eigenvalue weighted by molar-refractivity contribution is 6.00. The molecule has 1 aliphatic rings. The van der Waals surface area contributed by atoms with Gasteiger partial charge >= 0.3 is 5.97 Å². The van der Waals surface area contributed by atoms with Crippen molar-refractivity contribution in [3.8, 4) is 17.2 Å². The van der Waals surface area contributed by atoms with E-state index >= 15 is 0 Å². The number of ketones is 1. The van der Waals surface area contributed by atoms with Gasteiger partial charge in [0.1, 0.15) is 12.4 Å². The third-order valence-corrected chi connectivity index (χ3v) is 5.56. The number of nitrogens with zero attached hydrogens (tertiary/aromatic N) is 1. The van der Waals surface area contributed by atoms with Crippen LogP contribution in [-0.4, -0.2) is 42.2 Å². The van der Waals surface area contributed by atoms with Crippen LogP contribution in [0.2, 0.25) is 0 Å². The van der Waals surface area contributed by atoms with Crippen LogP contribution < -0.4 is 14.2 Å². The van der Waals surface area contributed by atoms with Gasteiger partial charge in [-0.2, -0.15) is 0 Å². The predicted molar refractivity (Wildman–Crippen MR) is 122 cm³/mol. The van der Waals surface area contributed by atoms with Gasteiger partial charge in [-0.3, -0.25) is 4.79 Å². The Balaban J connectivity index is 1.38. The quantitative estimate of drug-likeness (QED) is 0.375. The first-order valence-electron chi connectivity index (χ1n) is 10.9. The average molecular weight is 450 g/mol. The summed E-state index contributed by atoms with van der Waals surface area (Å²) in [7, 11) is 0. The highest BCUT2D eigenvalue weighted by atomic mass is 16.6. The van der Waals surface area contributed by atoms with Crippen molar-refractivity contribution in [3.05, 3.63) is 77.1 Å². The molecule has 0 aliphatic carbocycles. The lowest BCUT2D eigenvalue weighted by Gasteiger charge is -2.27. The van der Waals surface area contributed by atoms with Gasteiger partial charge < -0.3 is 23.5 Å². The molecule has 2 aromatic carbocycles. The maximum absolute atomic E-state index is 12.8. The zero-order valence-electron chi connectivity index (χ0n) is 19.0. The molecule has 0 N–H and O–H groups in total. The Hall–Kier alpha value is -3.74. The van der Waals surface area contributed by atoms with Gasteiger partial charge in [-0.1, -0.05) is 12.1 Å². The number of benzene rings is 2. The average Bonchev–Trinajstić information content (AvgIpc) is 3.11. The largest absolute Gasteiger partial charge is 0.494 e. The third-order valence-electron chi connectivity index (χ3n) is 5.56. The molecular weight excluding hydrogens is 422 g/mol. The van der Waals surface area contributed by atoms with E-state index < -0.39 is 5.97 Å². The molecule has 172 valence electrons. The van der Waals surface area contributed by atoms with Crippen LogP contribution in [0.1, 0.15) is 39.0 Å². The smallest absolute Gasteiger partial charge is 0.338 e. The summed E-state index contributed by atoms with van der Waals surface area (Å²) >= 11 is 0. The van der Waals surface area contributed by atoms with E-state index in [1.165, 1.54) is 0 Å². The summed E-state index contributed by atoms with van der Waals surface area (Å²) in [5.74, 6) is 1.33. The molecule has 1 aliphatic heterocycles. The van der Waals surface area contributed by atoms with Gasteiger partial charge in [-0.15, -0.1) is 0 Å². The lowest BCUT2D eigenvalue weighted by molar-refractivity contribution is 0.0474. The maximum Gasteiger partial charge on any atom is 0.338 e. The summed E-state index contributed by atoms with van der Waals surface area (Å²) in [5, 5.41) is 0. The van der Waals surface area contributed by atoms with E-state index in [1.807, 2.05) is 55.7 Å². The fraction of sp³-hybridized carbons (Fsp3) is 0.308. The lowest BCUT2D eigenvalue weighted by atomic mass is 10.1. The number of aromatic nitrogens is 1. The number of Topliss-reactive ketones (excluding diaryl/α,β-unsaturated/α-hetero) is 1. The SMILES string of the molecule is CCOc1ccc(C(=O)OCC(=O)c2cc(C)n(CC3COc4ccccc4O3)c2C)cc1. The van der Waals surface area contributed by atoms with Crippen LogP contribution in [0.4, 0.5) is 0 Å². The normalized spacial score (nSPS) is 14.6. The van der Waals surface area contributed by atoms with Gasteiger partial charge in [0.25, 0.3) is 0 Å². The van der Waals surface area contributed by atoms with E-state index in [4.69, 9.17) is 18.9 Å². The molecule has 7 heteroatoms. The van der Waals surface area contributed by atoms with E-state index in [-0.39, 0.29) is 18.5 Å². The van der Waals surface area contributed by atoms with Crippen molar-refractivity contribution < 1.29 is 28.5 Å². The zero-order chi connectivity index (χ0) is 23.4. The molecule has 0 radical (unpaired) electrons. The summed E-state index contributed by atoms with van der Waals surface area (Å²) in [5.41, 5.74) is 2.63. The Labute approximate surface area is 192 Å². The molecule has 1 atom stereocenters. The fourth-order valence-corrected chi connectivity index (χ4v) is 3.87. The van der Waals surface area contributed by atoms with Crippen molar-refractivity contribution in [3.63, 3.8) is 0 Å². The molecular formula is C26H27NO6. The monoisotopic (exact) mass is 449 g/mol. The van der Waals surface area contributed by atoms with E-state index in [1.54, 1.807) is 24.3 Å². The van der Waals surface area contributed by atoms with Crippen molar-refractivity contribution in [2.75, 3.05) is 19.8 Å². The number of carbonyl (C=O) groups is 2. The Morgan fingerprint density at radius 3 is 2.52 bits per heavy atom. The minimum absolute atomic E-state index is 0.176. The van der Waals surface area contributed by atoms with Crippen LogP contribution in [0, 0.1) is 13.8 Å². The molecule has 1 unspecified atom stereocenters. The molecule has 0 spiro atoms. The molecule has 0 saturated heterocycles. The van der Waals surface area contributed by atoms with Crippen molar-refractivity contribution in [2.45, 2.75) is 33.4 Å². The molecule has 2 heterocycles. The molecule has 0 saturated carbocycles. The molecule has 0 fully saturated rings. The Kier molecular flexibility index (Phi) is 6.68. The molecule has 7 nitrogen and oxygen atoms in total. The van der Waals surface area contributed by atoms with Gasteiger partial charge in [0.15, 0.2) is 24.2 Å². The first-order chi connectivity index (χ1) is 16.0. The second kappa shape index (κ2) is 9.81. The number of esters is 1. The molecule has 0 amide bonds. The number of ether oxygens (including phenoxy) is 4. The van der Waals surface area contributed by atoms with Gasteiger partial charge in [0, 0.05) is 17.0 Å². The molecule has 3 aromatic rings. The number of hydrogen-bond donors (Lipinski definition) is 0. The number of fused-ring (bicyclic) bond motifs is 1. The van der Waals surface area contributed by atoms with Crippen LogP contribution in [0.15, 0.2) is 54.6 Å². The van der Waals surface area contributed by atoms with Crippen LogP contribution in [-0.2, 0) is 11.3 Å². The Morgan fingerprint density at radius 2 is 1.79 bits per heavy atom. The van der Waals surface area contributed by atoms with Gasteiger partial charge in [0.05, 0.1) is 18.7 Å². The summed E-state index contributed by atoms with van der Waals surface area (Å²) < 4.78 is 24.5. The standard InChI is InChI=1S/C26H27NO6/c1-4-30-20-11-9-19(10-12-20)26(29)32-16-23(28)22-13-17(2)27(18(22)3)14-21-15-31-24-7-5-6-8-25(24)33-21/h5-13,21H,4,14-16H2,1-3H3. The van der Waals surface area contributed by atoms with Crippen molar-refractivity contribution in [2.24, 2.45) is 0 Å². The number of rotatable bonds is 8. The highest BCUT2D eigenvalue weighted by Gasteiger charge is 2.24. The Bertz CT molecular complexity index is 1150. The maximum atomic E-state index is 12.8. The van der Waals surface area contributed by atoms with Crippen LogP contribution in [0.5, 0.6) is 17.2 Å². The van der Waals surface area contributed by atoms with E-state index in [0.29, 0.717) is 42.4 Å². The minimum Gasteiger partial charge on any atom is -0.494 e. The Morgan fingerprint density at radius 1 is 1.06 bits per heavy atom. The summed E-state index contributed by atoms with van der Waals surface area (Å²) in [6, 6.07) is 16.0. The molecule has 0 bridgehead atoms. The first kappa shape index (κ1) is 22.5. The van der Waals surface area contributed by atoms with Crippen molar-refractivity contribution in [1.29, 1.82) is 0 Å². The summed E-state index contributed by atoms with van der Waals surface area (Å²) in [6.07, 6.45) is -0.176. The minimum atomic E-state index is -0.549. The molecule has 4 rings (SSSR count). The number of para-hydroxylation sites is 2. The summed E-state index contributed by atoms with van der Waals surface area (Å²) in [4.78, 5) is 25.1. The predicted octanol–water partition coefficient (Wildman–Crippen LogP) is 4.38. The van der Waals surface area contributed by atoms with Gasteiger partial charge in [0.2, 0.25) is 5.78 Å². The second-order valence-corrected chi connectivity index (χ2v) is 7.85. The first-order valence-corrected chi connectivity index (χ1v) is 10.9. The van der Waals surface area contributed by atoms with E-state index in [0.717, 1.165) is 17.1 Å². The van der Waals surface area contributed by atoms with E-state index in [9.17, 15) is 9.59 Å². The topological polar surface area (TPSA) is 76.0 Å². The summed E-state index contributed by atoms with van der Waals surface area (Å²) in [6.45, 7) is 6.90. The van der Waals surface area contributed by atoms with Crippen molar-refractivity contribution in [1.82, 2.24) is 4.57 Å². The zero-order valence-corrected chi connectivity index (χ0v) is 19.0. The fourth-order valence-electron chi connectivity index (χ4n) is 3.87. The molecule has 1 aromatic heterocycles. The van der Waals surface area contributed by atoms with Crippen molar-refractivity contribution >= 4 is 11.8 Å². The van der Waals surface area contributed by atoms with Crippen LogP contribution in [0.25, 0.3) is 0 Å². The van der Waals surface area contributed by atoms with Gasteiger partial charge in [-0.05, 0) is 63.2 Å². The molecule has 33 heavy (non-hydrogen) atoms. The van der Waals surface area contributed by atoms with Crippen LogP contribution in [0.3, 0.4) is 0 Å². The van der Waals surface area contributed by atoms with Crippen LogP contribution >= 0.6 is 0 Å². The van der Waals surface area contributed by atoms with Gasteiger partial charge in [-0.25, -0.2) is 4.79 Å². The van der Waals surface area contributed by atoms with E-state index in [2.05, 4.69) is 0 Å². The number of hydrogen-bond acceptors (Lipinski definition) is 6.